The van der Waals surface area contributed by atoms with E-state index >= 15 is 0 Å². The number of ether oxygens (including phenoxy) is 1. The molecule has 0 saturated carbocycles. The third kappa shape index (κ3) is 3.06. The monoisotopic (exact) mass is 223 g/mol. The van der Waals surface area contributed by atoms with E-state index in [9.17, 15) is 14.7 Å². The standard InChI is InChI=1S/C11H12O5/c1-7(12)6-16-11(15)9-5-3-2-4-8(9)10(13)14/h2-5,7,12H,6H2,1H3,(H,13,14)/p-1. The van der Waals surface area contributed by atoms with E-state index in [0.717, 1.165) is 0 Å². The number of aliphatic hydroxyl groups excluding tert-OH is 1. The summed E-state index contributed by atoms with van der Waals surface area (Å²) in [5.41, 5.74) is -0.304. The fourth-order valence-electron chi connectivity index (χ4n) is 1.11. The maximum absolute atomic E-state index is 11.4. The lowest BCUT2D eigenvalue weighted by Crippen LogP contribution is -2.26. The number of esters is 1. The second-order valence-corrected chi connectivity index (χ2v) is 3.28. The highest BCUT2D eigenvalue weighted by molar-refractivity contribution is 6.01. The minimum atomic E-state index is -1.44. The summed E-state index contributed by atoms with van der Waals surface area (Å²) in [5.74, 6) is -2.23. The van der Waals surface area contributed by atoms with Gasteiger partial charge >= 0.3 is 5.97 Å². The number of rotatable bonds is 4. The first-order valence-corrected chi connectivity index (χ1v) is 4.68. The van der Waals surface area contributed by atoms with Crippen LogP contribution in [0.5, 0.6) is 0 Å². The molecular formula is C11H11O5-. The van der Waals surface area contributed by atoms with Gasteiger partial charge in [0.25, 0.3) is 0 Å². The Morgan fingerprint density at radius 1 is 1.38 bits per heavy atom. The predicted octanol–water partition coefficient (Wildman–Crippen LogP) is -0.412. The molecule has 0 amide bonds. The van der Waals surface area contributed by atoms with E-state index in [1.54, 1.807) is 0 Å². The largest absolute Gasteiger partial charge is 0.545 e. The Balaban J connectivity index is 2.86. The van der Waals surface area contributed by atoms with Crippen LogP contribution in [0.2, 0.25) is 0 Å². The van der Waals surface area contributed by atoms with Gasteiger partial charge in [0.15, 0.2) is 0 Å². The van der Waals surface area contributed by atoms with Gasteiger partial charge in [0.1, 0.15) is 6.61 Å². The molecule has 86 valence electrons. The zero-order chi connectivity index (χ0) is 12.1. The molecule has 1 N–H and O–H groups in total. The molecule has 1 rings (SSSR count). The van der Waals surface area contributed by atoms with Crippen LogP contribution in [0.3, 0.4) is 0 Å². The van der Waals surface area contributed by atoms with Gasteiger partial charge in [-0.3, -0.25) is 0 Å². The molecule has 0 radical (unpaired) electrons. The first-order valence-electron chi connectivity index (χ1n) is 4.68. The Labute approximate surface area is 92.3 Å². The van der Waals surface area contributed by atoms with E-state index in [1.807, 2.05) is 0 Å². The summed E-state index contributed by atoms with van der Waals surface area (Å²) in [7, 11) is 0. The lowest BCUT2D eigenvalue weighted by Gasteiger charge is -2.10. The van der Waals surface area contributed by atoms with Gasteiger partial charge in [-0.1, -0.05) is 18.2 Å². The Morgan fingerprint density at radius 2 is 1.94 bits per heavy atom. The number of carbonyl (C=O) groups excluding carboxylic acids is 2. The summed E-state index contributed by atoms with van der Waals surface area (Å²) in [4.78, 5) is 22.1. The molecule has 16 heavy (non-hydrogen) atoms. The fourth-order valence-corrected chi connectivity index (χ4v) is 1.11. The van der Waals surface area contributed by atoms with Crippen molar-refractivity contribution in [3.8, 4) is 0 Å². The third-order valence-electron chi connectivity index (χ3n) is 1.82. The number of hydrogen-bond donors (Lipinski definition) is 1. The van der Waals surface area contributed by atoms with Crippen LogP contribution in [-0.4, -0.2) is 29.8 Å². The number of aromatic carboxylic acids is 1. The molecule has 5 heteroatoms. The van der Waals surface area contributed by atoms with E-state index in [4.69, 9.17) is 9.84 Å². The Morgan fingerprint density at radius 3 is 2.44 bits per heavy atom. The van der Waals surface area contributed by atoms with Crippen molar-refractivity contribution < 1.29 is 24.5 Å². The molecule has 1 atom stereocenters. The van der Waals surface area contributed by atoms with Crippen molar-refractivity contribution in [2.24, 2.45) is 0 Å². The van der Waals surface area contributed by atoms with Crippen molar-refractivity contribution in [3.05, 3.63) is 35.4 Å². The molecule has 0 saturated heterocycles. The molecule has 0 aliphatic heterocycles. The SMILES string of the molecule is CC(O)COC(=O)c1ccccc1C(=O)[O-]. The van der Waals surface area contributed by atoms with Crippen molar-refractivity contribution >= 4 is 11.9 Å². The summed E-state index contributed by atoms with van der Waals surface area (Å²) in [5, 5.41) is 19.6. The Kier molecular flexibility index (Phi) is 4.02. The smallest absolute Gasteiger partial charge is 0.338 e. The van der Waals surface area contributed by atoms with Crippen molar-refractivity contribution in [1.82, 2.24) is 0 Å². The maximum Gasteiger partial charge on any atom is 0.338 e. The average Bonchev–Trinajstić information content (AvgIpc) is 2.25. The van der Waals surface area contributed by atoms with E-state index in [1.165, 1.54) is 31.2 Å². The molecule has 1 aromatic rings. The van der Waals surface area contributed by atoms with Crippen LogP contribution in [0, 0.1) is 0 Å². The van der Waals surface area contributed by atoms with Gasteiger partial charge in [0.05, 0.1) is 17.6 Å². The highest BCUT2D eigenvalue weighted by Gasteiger charge is 2.13. The topological polar surface area (TPSA) is 86.7 Å². The second-order valence-electron chi connectivity index (χ2n) is 3.28. The molecule has 0 aliphatic carbocycles. The van der Waals surface area contributed by atoms with Crippen LogP contribution in [0.4, 0.5) is 0 Å². The molecule has 1 unspecified atom stereocenters. The van der Waals surface area contributed by atoms with Crippen LogP contribution in [0.25, 0.3) is 0 Å². The molecule has 0 spiro atoms. The zero-order valence-corrected chi connectivity index (χ0v) is 8.67. The highest BCUT2D eigenvalue weighted by atomic mass is 16.5. The van der Waals surface area contributed by atoms with E-state index < -0.39 is 18.0 Å². The second kappa shape index (κ2) is 5.27. The predicted molar refractivity (Wildman–Crippen MR) is 52.7 cm³/mol. The number of benzene rings is 1. The first kappa shape index (κ1) is 12.2. The molecular weight excluding hydrogens is 212 g/mol. The van der Waals surface area contributed by atoms with Gasteiger partial charge in [0.2, 0.25) is 0 Å². The van der Waals surface area contributed by atoms with Gasteiger partial charge in [-0.05, 0) is 13.0 Å². The average molecular weight is 223 g/mol. The molecule has 0 heterocycles. The molecule has 1 aromatic carbocycles. The minimum absolute atomic E-state index is 0.0804. The molecule has 5 nitrogen and oxygen atoms in total. The van der Waals surface area contributed by atoms with E-state index in [0.29, 0.717) is 0 Å². The quantitative estimate of drug-likeness (QED) is 0.701. The van der Waals surface area contributed by atoms with Crippen LogP contribution in [0.1, 0.15) is 27.6 Å². The number of carboxylic acids is 1. The summed E-state index contributed by atoms with van der Waals surface area (Å²) in [6.07, 6.45) is -0.793. The van der Waals surface area contributed by atoms with Gasteiger partial charge in [-0.2, -0.15) is 0 Å². The Hall–Kier alpha value is -1.88. The molecule has 0 fully saturated rings. The summed E-state index contributed by atoms with van der Waals surface area (Å²) >= 11 is 0. The highest BCUT2D eigenvalue weighted by Crippen LogP contribution is 2.09. The fraction of sp³-hybridized carbons (Fsp3) is 0.273. The Bertz CT molecular complexity index is 397. The number of aliphatic hydroxyl groups is 1. The first-order chi connectivity index (χ1) is 7.52. The molecule has 0 bridgehead atoms. The summed E-state index contributed by atoms with van der Waals surface area (Å²) < 4.78 is 4.70. The zero-order valence-electron chi connectivity index (χ0n) is 8.67. The van der Waals surface area contributed by atoms with Crippen molar-refractivity contribution in [3.63, 3.8) is 0 Å². The number of carboxylic acid groups (broad SMARTS) is 1. The lowest BCUT2D eigenvalue weighted by molar-refractivity contribution is -0.255. The molecule has 0 aromatic heterocycles. The number of hydrogen-bond acceptors (Lipinski definition) is 5. The lowest BCUT2D eigenvalue weighted by atomic mass is 10.1. The normalized spacial score (nSPS) is 11.9. The maximum atomic E-state index is 11.4. The van der Waals surface area contributed by atoms with Gasteiger partial charge in [-0.15, -0.1) is 0 Å². The van der Waals surface area contributed by atoms with Gasteiger partial charge < -0.3 is 19.7 Å². The number of carbonyl (C=O) groups is 2. The summed E-state index contributed by atoms with van der Waals surface area (Å²) in [6, 6.07) is 5.59. The van der Waals surface area contributed by atoms with Crippen molar-refractivity contribution in [1.29, 1.82) is 0 Å². The van der Waals surface area contributed by atoms with Crippen molar-refractivity contribution in [2.75, 3.05) is 6.61 Å². The van der Waals surface area contributed by atoms with E-state index in [-0.39, 0.29) is 17.7 Å². The van der Waals surface area contributed by atoms with Crippen LogP contribution < -0.4 is 5.11 Å². The summed E-state index contributed by atoms with van der Waals surface area (Å²) in [6.45, 7) is 1.28. The third-order valence-corrected chi connectivity index (χ3v) is 1.82. The van der Waals surface area contributed by atoms with Crippen molar-refractivity contribution in [2.45, 2.75) is 13.0 Å². The molecule has 0 aliphatic rings. The van der Waals surface area contributed by atoms with Crippen LogP contribution in [-0.2, 0) is 4.74 Å². The van der Waals surface area contributed by atoms with Gasteiger partial charge in [-0.25, -0.2) is 4.79 Å². The van der Waals surface area contributed by atoms with Crippen LogP contribution >= 0.6 is 0 Å². The van der Waals surface area contributed by atoms with Gasteiger partial charge in [0, 0.05) is 5.56 Å². The van der Waals surface area contributed by atoms with Crippen LogP contribution in [0.15, 0.2) is 24.3 Å². The van der Waals surface area contributed by atoms with E-state index in [2.05, 4.69) is 0 Å². The minimum Gasteiger partial charge on any atom is -0.545 e.